The first-order valence-electron chi connectivity index (χ1n) is 12.2. The minimum absolute atomic E-state index is 0.00605. The molecule has 2 aliphatic rings. The van der Waals surface area contributed by atoms with Crippen LogP contribution in [0, 0.1) is 17.2 Å². The van der Waals surface area contributed by atoms with Crippen molar-refractivity contribution >= 4 is 46.1 Å². The van der Waals surface area contributed by atoms with Crippen LogP contribution < -0.4 is 16.0 Å². The number of imidazole rings is 1. The molecule has 1 amide bonds. The number of halogens is 1. The zero-order chi connectivity index (χ0) is 25.1. The van der Waals surface area contributed by atoms with Crippen LogP contribution in [0.25, 0.3) is 5.65 Å². The van der Waals surface area contributed by atoms with Crippen molar-refractivity contribution in [3.63, 3.8) is 0 Å². The van der Waals surface area contributed by atoms with Gasteiger partial charge in [0.1, 0.15) is 16.8 Å². The topological polar surface area (TPSA) is 137 Å². The van der Waals surface area contributed by atoms with Crippen LogP contribution >= 0.6 is 11.6 Å². The van der Waals surface area contributed by atoms with E-state index < -0.39 is 0 Å². The second kappa shape index (κ2) is 10.5. The number of nitrogens with one attached hydrogen (secondary N) is 3. The fourth-order valence-corrected chi connectivity index (χ4v) is 4.80. The van der Waals surface area contributed by atoms with Gasteiger partial charge in [0.15, 0.2) is 11.3 Å². The minimum atomic E-state index is -0.352. The Bertz CT molecular complexity index is 1320. The third-order valence-corrected chi connectivity index (χ3v) is 6.82. The van der Waals surface area contributed by atoms with E-state index in [0.717, 1.165) is 44.2 Å². The summed E-state index contributed by atoms with van der Waals surface area (Å²) in [6, 6.07) is 7.75. The summed E-state index contributed by atoms with van der Waals surface area (Å²) in [5.74, 6) is 0.664. The Morgan fingerprint density at radius 2 is 1.83 bits per heavy atom. The summed E-state index contributed by atoms with van der Waals surface area (Å²) in [6.45, 7) is 0. The lowest BCUT2D eigenvalue weighted by atomic mass is 9.83. The summed E-state index contributed by atoms with van der Waals surface area (Å²) in [5.41, 5.74) is 2.26. The third kappa shape index (κ3) is 5.74. The van der Waals surface area contributed by atoms with Crippen molar-refractivity contribution in [3.8, 4) is 6.07 Å². The molecule has 186 valence electrons. The van der Waals surface area contributed by atoms with Crippen molar-refractivity contribution in [3.05, 3.63) is 41.4 Å². The summed E-state index contributed by atoms with van der Waals surface area (Å²) in [5, 5.41) is 23.6. The number of aromatic nitrogens is 4. The Hall–Kier alpha value is -3.71. The molecule has 0 radical (unpaired) electrons. The number of fused-ring (bicyclic) bond motifs is 1. The Morgan fingerprint density at radius 1 is 1.08 bits per heavy atom. The first kappa shape index (κ1) is 24.0. The number of nitriles is 1. The molecule has 11 heteroatoms. The van der Waals surface area contributed by atoms with Crippen LogP contribution in [0.1, 0.15) is 61.9 Å². The molecule has 2 fully saturated rings. The lowest BCUT2D eigenvalue weighted by Crippen LogP contribution is -2.28. The van der Waals surface area contributed by atoms with Crippen LogP contribution in [0.3, 0.4) is 0 Å². The van der Waals surface area contributed by atoms with E-state index in [4.69, 9.17) is 22.0 Å². The molecular weight excluding hydrogens is 480 g/mol. The van der Waals surface area contributed by atoms with Crippen LogP contribution in [0.2, 0.25) is 5.15 Å². The highest BCUT2D eigenvalue weighted by Crippen LogP contribution is 2.32. The van der Waals surface area contributed by atoms with Crippen LogP contribution in [0.15, 0.2) is 30.6 Å². The van der Waals surface area contributed by atoms with Gasteiger partial charge in [0.25, 0.3) is 5.91 Å². The summed E-state index contributed by atoms with van der Waals surface area (Å²) in [4.78, 5) is 33.3. The summed E-state index contributed by atoms with van der Waals surface area (Å²) in [6.07, 6.45) is 9.40. The molecule has 2 aliphatic carbocycles. The van der Waals surface area contributed by atoms with Crippen LogP contribution in [-0.4, -0.2) is 43.4 Å². The molecule has 5 rings (SSSR count). The number of anilines is 3. The Balaban J connectivity index is 1.33. The van der Waals surface area contributed by atoms with Gasteiger partial charge in [-0.05, 0) is 56.6 Å². The van der Waals surface area contributed by atoms with E-state index in [1.165, 1.54) is 12.4 Å². The fraction of sp³-hybridized carbons (Fsp3) is 0.440. The van der Waals surface area contributed by atoms with E-state index in [-0.39, 0.29) is 29.3 Å². The molecule has 0 spiro atoms. The zero-order valence-corrected chi connectivity index (χ0v) is 20.5. The van der Waals surface area contributed by atoms with Crippen LogP contribution in [0.5, 0.6) is 0 Å². The maximum atomic E-state index is 13.1. The molecule has 36 heavy (non-hydrogen) atoms. The number of carbonyl (C=O) groups is 2. The molecule has 0 bridgehead atoms. The van der Waals surface area contributed by atoms with Gasteiger partial charge in [0, 0.05) is 36.5 Å². The maximum Gasteiger partial charge on any atom is 0.276 e. The Kier molecular flexibility index (Phi) is 7.00. The molecule has 0 saturated heterocycles. The molecule has 0 unspecified atom stereocenters. The SMILES string of the molecule is N#CCC(=O)CC1CCC(Nc2cc(NC3CC3)c3ncc(C(=O)Nc4ccnc(Cl)c4)n3n2)CC1. The van der Waals surface area contributed by atoms with Crippen molar-refractivity contribution in [2.45, 2.75) is 63.5 Å². The Morgan fingerprint density at radius 3 is 2.56 bits per heavy atom. The number of amides is 1. The number of nitrogens with zero attached hydrogens (tertiary/aromatic N) is 5. The average molecular weight is 507 g/mol. The normalized spacial score (nSPS) is 19.4. The first-order valence-corrected chi connectivity index (χ1v) is 12.6. The van der Waals surface area contributed by atoms with Crippen molar-refractivity contribution in [1.29, 1.82) is 5.26 Å². The molecule has 3 N–H and O–H groups in total. The highest BCUT2D eigenvalue weighted by atomic mass is 35.5. The van der Waals surface area contributed by atoms with Crippen LogP contribution in [0.4, 0.5) is 17.2 Å². The fourth-order valence-electron chi connectivity index (χ4n) is 4.63. The van der Waals surface area contributed by atoms with E-state index >= 15 is 0 Å². The number of Topliss-reactive ketones (excluding diaryl/α,β-unsaturated/α-hetero) is 1. The highest BCUT2D eigenvalue weighted by Gasteiger charge is 2.26. The van der Waals surface area contributed by atoms with E-state index in [0.29, 0.717) is 41.2 Å². The highest BCUT2D eigenvalue weighted by molar-refractivity contribution is 6.29. The van der Waals surface area contributed by atoms with Gasteiger partial charge in [-0.25, -0.2) is 14.5 Å². The van der Waals surface area contributed by atoms with Crippen LogP contribution in [-0.2, 0) is 4.79 Å². The molecule has 0 atom stereocenters. The summed E-state index contributed by atoms with van der Waals surface area (Å²) >= 11 is 5.95. The lowest BCUT2D eigenvalue weighted by molar-refractivity contribution is -0.119. The van der Waals surface area contributed by atoms with E-state index in [1.54, 1.807) is 16.6 Å². The van der Waals surface area contributed by atoms with Gasteiger partial charge in [-0.15, -0.1) is 5.10 Å². The molecule has 10 nitrogen and oxygen atoms in total. The second-order valence-electron chi connectivity index (χ2n) is 9.50. The standard InChI is InChI=1S/C25H27ClN8O2/c26-22-12-18(8-10-28-22)32-25(36)21-14-29-24-20(30-16-5-6-16)13-23(33-34(21)24)31-17-3-1-15(2-4-17)11-19(35)7-9-27/h8,10,12-17,30H,1-7,11H2,(H,31,33)(H,28,32,36). The summed E-state index contributed by atoms with van der Waals surface area (Å²) < 4.78 is 1.57. The minimum Gasteiger partial charge on any atom is -0.379 e. The smallest absolute Gasteiger partial charge is 0.276 e. The van der Waals surface area contributed by atoms with Gasteiger partial charge in [0.05, 0.1) is 24.4 Å². The molecular formula is C25H27ClN8O2. The number of hydrogen-bond donors (Lipinski definition) is 3. The zero-order valence-electron chi connectivity index (χ0n) is 19.7. The van der Waals surface area contributed by atoms with E-state index in [1.807, 2.05) is 12.1 Å². The number of carbonyl (C=O) groups excluding carboxylic acids is 2. The second-order valence-corrected chi connectivity index (χ2v) is 9.89. The molecule has 3 aromatic heterocycles. The van der Waals surface area contributed by atoms with Crippen molar-refractivity contribution in [2.75, 3.05) is 16.0 Å². The van der Waals surface area contributed by atoms with Crippen molar-refractivity contribution in [1.82, 2.24) is 19.6 Å². The predicted octanol–water partition coefficient (Wildman–Crippen LogP) is 4.45. The van der Waals surface area contributed by atoms with E-state index in [9.17, 15) is 9.59 Å². The summed E-state index contributed by atoms with van der Waals surface area (Å²) in [7, 11) is 0. The molecule has 0 aromatic carbocycles. The molecule has 3 heterocycles. The number of ketones is 1. The van der Waals surface area contributed by atoms with Gasteiger partial charge in [-0.2, -0.15) is 5.26 Å². The quantitative estimate of drug-likeness (QED) is 0.362. The average Bonchev–Trinajstić information content (AvgIpc) is 3.55. The largest absolute Gasteiger partial charge is 0.379 e. The van der Waals surface area contributed by atoms with Gasteiger partial charge >= 0.3 is 0 Å². The monoisotopic (exact) mass is 506 g/mol. The Labute approximate surface area is 213 Å². The lowest BCUT2D eigenvalue weighted by Gasteiger charge is -2.29. The third-order valence-electron chi connectivity index (χ3n) is 6.61. The maximum absolute atomic E-state index is 13.1. The van der Waals surface area contributed by atoms with Crippen molar-refractivity contribution < 1.29 is 9.59 Å². The number of pyridine rings is 1. The van der Waals surface area contributed by atoms with Gasteiger partial charge in [-0.3, -0.25) is 9.59 Å². The van der Waals surface area contributed by atoms with Gasteiger partial charge in [-0.1, -0.05) is 11.6 Å². The number of rotatable bonds is 9. The van der Waals surface area contributed by atoms with Gasteiger partial charge < -0.3 is 16.0 Å². The first-order chi connectivity index (χ1) is 17.5. The van der Waals surface area contributed by atoms with Crippen molar-refractivity contribution in [2.24, 2.45) is 5.92 Å². The molecule has 2 saturated carbocycles. The predicted molar refractivity (Wildman–Crippen MR) is 136 cm³/mol. The molecule has 0 aliphatic heterocycles. The van der Waals surface area contributed by atoms with Gasteiger partial charge in [0.2, 0.25) is 0 Å². The molecule has 3 aromatic rings. The van der Waals surface area contributed by atoms with E-state index in [2.05, 4.69) is 25.9 Å². The number of hydrogen-bond acceptors (Lipinski definition) is 8.